The van der Waals surface area contributed by atoms with Crippen molar-refractivity contribution in [1.29, 1.82) is 0 Å². The van der Waals surface area contributed by atoms with Crippen molar-refractivity contribution in [3.8, 4) is 5.88 Å². The lowest BCUT2D eigenvalue weighted by Gasteiger charge is -2.26. The molecule has 92 valence electrons. The number of nitrogens with zero attached hydrogens (tertiary/aromatic N) is 2. The lowest BCUT2D eigenvalue weighted by Crippen LogP contribution is -2.26. The van der Waals surface area contributed by atoms with Gasteiger partial charge in [-0.3, -0.25) is 0 Å². The number of ether oxygens (including phenoxy) is 2. The lowest BCUT2D eigenvalue weighted by atomic mass is 9.96. The van der Waals surface area contributed by atoms with Crippen LogP contribution in [0.15, 0.2) is 6.20 Å². The molecule has 0 aliphatic heterocycles. The molecule has 5 nitrogen and oxygen atoms in total. The van der Waals surface area contributed by atoms with Gasteiger partial charge in [0, 0.05) is 6.20 Å². The summed E-state index contributed by atoms with van der Waals surface area (Å²) in [5.74, 6) is 0.509. The molecule has 1 fully saturated rings. The second-order valence-corrected chi connectivity index (χ2v) is 4.03. The highest BCUT2D eigenvalue weighted by atomic mass is 16.5. The van der Waals surface area contributed by atoms with Crippen LogP contribution in [-0.2, 0) is 4.74 Å². The van der Waals surface area contributed by atoms with Crippen LogP contribution in [0, 0.1) is 6.92 Å². The average Bonchev–Trinajstić information content (AvgIpc) is 2.24. The maximum atomic E-state index is 11.7. The molecule has 0 amide bonds. The molecule has 0 unspecified atom stereocenters. The molecule has 0 radical (unpaired) electrons. The van der Waals surface area contributed by atoms with Crippen molar-refractivity contribution in [3.63, 3.8) is 0 Å². The summed E-state index contributed by atoms with van der Waals surface area (Å²) in [6, 6.07) is 0. The van der Waals surface area contributed by atoms with Crippen molar-refractivity contribution in [2.75, 3.05) is 6.61 Å². The highest BCUT2D eigenvalue weighted by Gasteiger charge is 2.24. The van der Waals surface area contributed by atoms with Gasteiger partial charge in [0.2, 0.25) is 5.88 Å². The number of carbonyl (C=O) groups excluding carboxylic acids is 1. The van der Waals surface area contributed by atoms with E-state index in [0.717, 1.165) is 12.8 Å². The maximum Gasteiger partial charge on any atom is 0.345 e. The minimum atomic E-state index is -0.429. The largest absolute Gasteiger partial charge is 0.474 e. The van der Waals surface area contributed by atoms with Gasteiger partial charge in [-0.05, 0) is 33.1 Å². The molecule has 1 aliphatic carbocycles. The molecule has 2 rings (SSSR count). The molecule has 1 saturated carbocycles. The van der Waals surface area contributed by atoms with Crippen LogP contribution in [0.5, 0.6) is 5.88 Å². The summed E-state index contributed by atoms with van der Waals surface area (Å²) >= 11 is 0. The van der Waals surface area contributed by atoms with E-state index in [4.69, 9.17) is 9.47 Å². The number of rotatable bonds is 4. The normalized spacial score (nSPS) is 15.2. The first-order valence-electron chi connectivity index (χ1n) is 5.88. The first-order chi connectivity index (χ1) is 8.20. The average molecular weight is 236 g/mol. The molecule has 1 aromatic rings. The first-order valence-corrected chi connectivity index (χ1v) is 5.88. The topological polar surface area (TPSA) is 61.3 Å². The van der Waals surface area contributed by atoms with Crippen LogP contribution >= 0.6 is 0 Å². The third kappa shape index (κ3) is 2.72. The van der Waals surface area contributed by atoms with Crippen LogP contribution in [0.2, 0.25) is 0 Å². The number of hydrogen-bond acceptors (Lipinski definition) is 5. The Morgan fingerprint density at radius 1 is 1.53 bits per heavy atom. The van der Waals surface area contributed by atoms with Crippen LogP contribution in [0.3, 0.4) is 0 Å². The summed E-state index contributed by atoms with van der Waals surface area (Å²) in [4.78, 5) is 19.8. The molecule has 5 heteroatoms. The van der Waals surface area contributed by atoms with E-state index < -0.39 is 5.97 Å². The summed E-state index contributed by atoms with van der Waals surface area (Å²) < 4.78 is 10.6. The maximum absolute atomic E-state index is 11.7. The van der Waals surface area contributed by atoms with E-state index in [0.29, 0.717) is 23.9 Å². The molecule has 1 aliphatic rings. The Balaban J connectivity index is 2.19. The summed E-state index contributed by atoms with van der Waals surface area (Å²) in [6.45, 7) is 3.86. The van der Waals surface area contributed by atoms with E-state index >= 15 is 0 Å². The van der Waals surface area contributed by atoms with E-state index in [2.05, 4.69) is 9.97 Å². The zero-order chi connectivity index (χ0) is 12.3. The SMILES string of the molecule is CCOC(=O)c1cnc(C)nc1OC1CCC1. The monoisotopic (exact) mass is 236 g/mol. The van der Waals surface area contributed by atoms with E-state index in [1.165, 1.54) is 12.6 Å². The quantitative estimate of drug-likeness (QED) is 0.747. The Morgan fingerprint density at radius 2 is 2.29 bits per heavy atom. The third-order valence-corrected chi connectivity index (χ3v) is 2.70. The zero-order valence-corrected chi connectivity index (χ0v) is 10.1. The number of carbonyl (C=O) groups is 1. The second-order valence-electron chi connectivity index (χ2n) is 4.03. The highest BCUT2D eigenvalue weighted by molar-refractivity contribution is 5.91. The van der Waals surface area contributed by atoms with Crippen LogP contribution in [-0.4, -0.2) is 28.6 Å². The second kappa shape index (κ2) is 5.12. The highest BCUT2D eigenvalue weighted by Crippen LogP contribution is 2.26. The summed E-state index contributed by atoms with van der Waals surface area (Å²) in [5, 5.41) is 0. The molecule has 1 aromatic heterocycles. The standard InChI is InChI=1S/C12H16N2O3/c1-3-16-12(15)10-7-13-8(2)14-11(10)17-9-5-4-6-9/h7,9H,3-6H2,1-2H3. The fourth-order valence-corrected chi connectivity index (χ4v) is 1.53. The van der Waals surface area contributed by atoms with Gasteiger partial charge in [-0.25, -0.2) is 9.78 Å². The van der Waals surface area contributed by atoms with Crippen molar-refractivity contribution in [1.82, 2.24) is 9.97 Å². The Morgan fingerprint density at radius 3 is 2.88 bits per heavy atom. The van der Waals surface area contributed by atoms with Gasteiger partial charge in [-0.15, -0.1) is 0 Å². The van der Waals surface area contributed by atoms with Crippen LogP contribution in [0.25, 0.3) is 0 Å². The number of aryl methyl sites for hydroxylation is 1. The van der Waals surface area contributed by atoms with Gasteiger partial charge in [0.25, 0.3) is 0 Å². The minimum Gasteiger partial charge on any atom is -0.474 e. The predicted octanol–water partition coefficient (Wildman–Crippen LogP) is 1.89. The molecule has 0 bridgehead atoms. The van der Waals surface area contributed by atoms with E-state index in [1.54, 1.807) is 13.8 Å². The molecule has 0 spiro atoms. The summed E-state index contributed by atoms with van der Waals surface area (Å²) in [7, 11) is 0. The smallest absolute Gasteiger partial charge is 0.345 e. The molecular weight excluding hydrogens is 220 g/mol. The van der Waals surface area contributed by atoms with Gasteiger partial charge in [0.05, 0.1) is 6.61 Å². The molecular formula is C12H16N2O3. The predicted molar refractivity (Wildman–Crippen MR) is 61.0 cm³/mol. The Hall–Kier alpha value is -1.65. The Labute approximate surface area is 100 Å². The van der Waals surface area contributed by atoms with Crippen LogP contribution in [0.4, 0.5) is 0 Å². The molecule has 0 aromatic carbocycles. The van der Waals surface area contributed by atoms with Crippen molar-refractivity contribution in [2.24, 2.45) is 0 Å². The zero-order valence-electron chi connectivity index (χ0n) is 10.1. The number of hydrogen-bond donors (Lipinski definition) is 0. The van der Waals surface area contributed by atoms with E-state index in [1.807, 2.05) is 0 Å². The fourth-order valence-electron chi connectivity index (χ4n) is 1.53. The van der Waals surface area contributed by atoms with Crippen LogP contribution in [0.1, 0.15) is 42.4 Å². The number of aromatic nitrogens is 2. The summed E-state index contributed by atoms with van der Waals surface area (Å²) in [5.41, 5.74) is 0.310. The van der Waals surface area contributed by atoms with Crippen molar-refractivity contribution < 1.29 is 14.3 Å². The summed E-state index contributed by atoms with van der Waals surface area (Å²) in [6.07, 6.45) is 4.85. The first kappa shape index (κ1) is 11.8. The van der Waals surface area contributed by atoms with Gasteiger partial charge in [-0.1, -0.05) is 0 Å². The van der Waals surface area contributed by atoms with Gasteiger partial charge < -0.3 is 9.47 Å². The van der Waals surface area contributed by atoms with Crippen molar-refractivity contribution in [3.05, 3.63) is 17.6 Å². The molecule has 1 heterocycles. The number of esters is 1. The van der Waals surface area contributed by atoms with Crippen molar-refractivity contribution in [2.45, 2.75) is 39.2 Å². The van der Waals surface area contributed by atoms with E-state index in [-0.39, 0.29) is 6.10 Å². The Bertz CT molecular complexity index is 416. The molecule has 0 saturated heterocycles. The van der Waals surface area contributed by atoms with Gasteiger partial charge >= 0.3 is 5.97 Å². The molecule has 17 heavy (non-hydrogen) atoms. The van der Waals surface area contributed by atoms with Gasteiger partial charge in [0.15, 0.2) is 0 Å². The van der Waals surface area contributed by atoms with Crippen LogP contribution < -0.4 is 4.74 Å². The van der Waals surface area contributed by atoms with Crippen molar-refractivity contribution >= 4 is 5.97 Å². The fraction of sp³-hybridized carbons (Fsp3) is 0.583. The van der Waals surface area contributed by atoms with Gasteiger partial charge in [0.1, 0.15) is 17.5 Å². The third-order valence-electron chi connectivity index (χ3n) is 2.70. The Kier molecular flexibility index (Phi) is 3.56. The molecule has 0 atom stereocenters. The van der Waals surface area contributed by atoms with Gasteiger partial charge in [-0.2, -0.15) is 4.98 Å². The van der Waals surface area contributed by atoms with E-state index in [9.17, 15) is 4.79 Å². The molecule has 0 N–H and O–H groups in total. The lowest BCUT2D eigenvalue weighted by molar-refractivity contribution is 0.0508. The minimum absolute atomic E-state index is 0.178.